The maximum atomic E-state index is 13.1. The van der Waals surface area contributed by atoms with Crippen LogP contribution in [0.3, 0.4) is 0 Å². The lowest BCUT2D eigenvalue weighted by molar-refractivity contribution is 0.102. The predicted octanol–water partition coefficient (Wildman–Crippen LogP) is 2.36. The first-order valence-electron chi connectivity index (χ1n) is 9.87. The average molecular weight is 424 g/mol. The molecule has 5 N–H and O–H groups in total. The Labute approximate surface area is 177 Å². The highest BCUT2D eigenvalue weighted by Crippen LogP contribution is 2.21. The lowest BCUT2D eigenvalue weighted by Crippen LogP contribution is -2.32. The van der Waals surface area contributed by atoms with Crippen molar-refractivity contribution in [3.8, 4) is 0 Å². The lowest BCUT2D eigenvalue weighted by atomic mass is 10.0. The van der Waals surface area contributed by atoms with Crippen molar-refractivity contribution in [2.45, 2.75) is 39.7 Å². The summed E-state index contributed by atoms with van der Waals surface area (Å²) in [5.74, 6) is -0.545. The number of rotatable bonds is 6. The summed E-state index contributed by atoms with van der Waals surface area (Å²) in [7, 11) is 0. The van der Waals surface area contributed by atoms with E-state index in [2.05, 4.69) is 20.6 Å². The molecule has 3 rings (SSSR count). The molecule has 2 heterocycles. The predicted molar refractivity (Wildman–Crippen MR) is 119 cm³/mol. The van der Waals surface area contributed by atoms with Gasteiger partial charge in [-0.2, -0.15) is 0 Å². The minimum Gasteiger partial charge on any atom is -0.351 e. The van der Waals surface area contributed by atoms with Gasteiger partial charge in [0.15, 0.2) is 5.65 Å². The molecule has 0 aliphatic carbocycles. The van der Waals surface area contributed by atoms with Crippen LogP contribution in [-0.2, 0) is 6.54 Å². The fourth-order valence-electron chi connectivity index (χ4n) is 3.18. The molecule has 1 aromatic carbocycles. The zero-order valence-electron chi connectivity index (χ0n) is 17.5. The normalized spacial score (nSPS) is 11.0. The summed E-state index contributed by atoms with van der Waals surface area (Å²) in [5, 5.41) is 5.23. The molecule has 10 heteroatoms. The van der Waals surface area contributed by atoms with Gasteiger partial charge in [-0.3, -0.25) is 19.1 Å². The second-order valence-corrected chi connectivity index (χ2v) is 7.38. The summed E-state index contributed by atoms with van der Waals surface area (Å²) in [6.45, 7) is 6.08. The highest BCUT2D eigenvalue weighted by atomic mass is 16.2. The van der Waals surface area contributed by atoms with Crippen LogP contribution in [0.5, 0.6) is 0 Å². The Morgan fingerprint density at radius 2 is 1.74 bits per heavy atom. The van der Waals surface area contributed by atoms with E-state index in [0.717, 1.165) is 0 Å². The fourth-order valence-corrected chi connectivity index (χ4v) is 3.18. The van der Waals surface area contributed by atoms with Crippen molar-refractivity contribution >= 4 is 34.3 Å². The van der Waals surface area contributed by atoms with Gasteiger partial charge in [0.2, 0.25) is 0 Å². The first kappa shape index (κ1) is 21.8. The molecule has 10 nitrogen and oxygen atoms in total. The lowest BCUT2D eigenvalue weighted by Gasteiger charge is -2.14. The number of nitrogens with two attached hydrogens (primary N) is 1. The molecule has 0 radical (unpaired) electrons. The molecule has 0 bridgehead atoms. The van der Waals surface area contributed by atoms with Crippen molar-refractivity contribution in [1.29, 1.82) is 0 Å². The van der Waals surface area contributed by atoms with Crippen LogP contribution in [-0.4, -0.2) is 26.5 Å². The van der Waals surface area contributed by atoms with Crippen LogP contribution in [0.25, 0.3) is 11.0 Å². The number of nitrogens with one attached hydrogen (secondary N) is 3. The number of anilines is 2. The topological polar surface area (TPSA) is 152 Å². The number of nitrogens with zero attached hydrogens (tertiary/aromatic N) is 2. The Kier molecular flexibility index (Phi) is 6.19. The first-order chi connectivity index (χ1) is 14.7. The number of aromatic amines is 1. The van der Waals surface area contributed by atoms with Crippen molar-refractivity contribution in [3.63, 3.8) is 0 Å². The Morgan fingerprint density at radius 1 is 1.13 bits per heavy atom. The van der Waals surface area contributed by atoms with Crippen LogP contribution < -0.4 is 27.6 Å². The van der Waals surface area contributed by atoms with E-state index in [9.17, 15) is 19.2 Å². The van der Waals surface area contributed by atoms with Crippen LogP contribution in [0.4, 0.5) is 16.2 Å². The number of fused-ring (bicyclic) bond motifs is 1. The van der Waals surface area contributed by atoms with Crippen LogP contribution >= 0.6 is 0 Å². The molecule has 162 valence electrons. The summed E-state index contributed by atoms with van der Waals surface area (Å²) >= 11 is 0. The van der Waals surface area contributed by atoms with Crippen LogP contribution in [0.2, 0.25) is 0 Å². The monoisotopic (exact) mass is 424 g/mol. The number of pyridine rings is 1. The molecule has 0 fully saturated rings. The number of aromatic nitrogens is 3. The van der Waals surface area contributed by atoms with E-state index in [0.29, 0.717) is 30.0 Å². The molecule has 0 spiro atoms. The largest absolute Gasteiger partial charge is 0.351 e. The van der Waals surface area contributed by atoms with E-state index in [1.54, 1.807) is 30.3 Å². The van der Waals surface area contributed by atoms with E-state index in [4.69, 9.17) is 5.73 Å². The number of carbonyl (C=O) groups excluding carboxylic acids is 2. The van der Waals surface area contributed by atoms with Crippen molar-refractivity contribution in [1.82, 2.24) is 14.5 Å². The quantitative estimate of drug-likeness (QED) is 0.479. The van der Waals surface area contributed by atoms with Crippen LogP contribution in [0, 0.1) is 0 Å². The van der Waals surface area contributed by atoms with Gasteiger partial charge in [-0.1, -0.05) is 20.8 Å². The summed E-state index contributed by atoms with van der Waals surface area (Å²) in [5.41, 5.74) is 5.69. The van der Waals surface area contributed by atoms with Crippen LogP contribution in [0.15, 0.2) is 39.9 Å². The molecule has 0 aliphatic rings. The number of amides is 3. The summed E-state index contributed by atoms with van der Waals surface area (Å²) in [6.07, 6.45) is 0.655. The van der Waals surface area contributed by atoms with Gasteiger partial charge in [0.05, 0.1) is 10.9 Å². The van der Waals surface area contributed by atoms with E-state index in [1.807, 2.05) is 20.8 Å². The molecule has 3 aromatic rings. The molecule has 2 aromatic heterocycles. The third kappa shape index (κ3) is 4.63. The standard InChI is InChI=1S/C21H24N6O4/c1-4-9-27-17-16(19(29)26-21(27)31)14(10-15(25-17)11(2)3)18(28)23-12-5-7-13(8-6-12)24-20(22)30/h5-8,10-11H,4,9H2,1-3H3,(H,23,28)(H3,22,24,30)(H,26,29,31). The Hall–Kier alpha value is -3.95. The number of carbonyl (C=O) groups is 2. The van der Waals surface area contributed by atoms with Gasteiger partial charge in [-0.05, 0) is 42.7 Å². The van der Waals surface area contributed by atoms with Gasteiger partial charge in [0.25, 0.3) is 11.5 Å². The molecule has 3 amide bonds. The van der Waals surface area contributed by atoms with Gasteiger partial charge in [-0.25, -0.2) is 14.6 Å². The van der Waals surface area contributed by atoms with Gasteiger partial charge in [0, 0.05) is 23.6 Å². The molecular weight excluding hydrogens is 400 g/mol. The first-order valence-corrected chi connectivity index (χ1v) is 9.87. The third-order valence-corrected chi connectivity index (χ3v) is 4.66. The van der Waals surface area contributed by atoms with Crippen molar-refractivity contribution < 1.29 is 9.59 Å². The minimum atomic E-state index is -0.696. The smallest absolute Gasteiger partial charge is 0.329 e. The highest BCUT2D eigenvalue weighted by Gasteiger charge is 2.20. The minimum absolute atomic E-state index is 0.0282. The highest BCUT2D eigenvalue weighted by molar-refractivity contribution is 6.12. The van der Waals surface area contributed by atoms with Gasteiger partial charge in [-0.15, -0.1) is 0 Å². The van der Waals surface area contributed by atoms with Gasteiger partial charge < -0.3 is 16.4 Å². The summed E-state index contributed by atoms with van der Waals surface area (Å²) in [4.78, 5) is 55.8. The maximum absolute atomic E-state index is 13.1. The Morgan fingerprint density at radius 3 is 2.29 bits per heavy atom. The zero-order valence-corrected chi connectivity index (χ0v) is 17.5. The molecule has 0 saturated carbocycles. The second kappa shape index (κ2) is 8.82. The number of primary amides is 1. The second-order valence-electron chi connectivity index (χ2n) is 7.38. The van der Waals surface area contributed by atoms with E-state index in [1.165, 1.54) is 4.57 Å². The Bertz CT molecular complexity index is 1260. The number of benzene rings is 1. The number of hydrogen-bond acceptors (Lipinski definition) is 5. The third-order valence-electron chi connectivity index (χ3n) is 4.66. The molecule has 31 heavy (non-hydrogen) atoms. The Balaban J connectivity index is 2.10. The molecule has 0 unspecified atom stereocenters. The number of aryl methyl sites for hydroxylation is 1. The number of urea groups is 1. The van der Waals surface area contributed by atoms with Gasteiger partial charge >= 0.3 is 11.7 Å². The van der Waals surface area contributed by atoms with Crippen molar-refractivity contribution in [2.75, 3.05) is 10.6 Å². The summed E-state index contributed by atoms with van der Waals surface area (Å²) in [6, 6.07) is 7.22. The van der Waals surface area contributed by atoms with E-state index < -0.39 is 23.2 Å². The molecule has 0 atom stereocenters. The maximum Gasteiger partial charge on any atom is 0.329 e. The van der Waals surface area contributed by atoms with Crippen LogP contribution in [0.1, 0.15) is 49.2 Å². The van der Waals surface area contributed by atoms with E-state index in [-0.39, 0.29) is 22.5 Å². The van der Waals surface area contributed by atoms with Crippen molar-refractivity contribution in [2.24, 2.45) is 5.73 Å². The zero-order chi connectivity index (χ0) is 22.7. The molecule has 0 aliphatic heterocycles. The number of H-pyrrole nitrogens is 1. The van der Waals surface area contributed by atoms with Gasteiger partial charge in [0.1, 0.15) is 0 Å². The molecule has 0 saturated heterocycles. The SMILES string of the molecule is CCCn1c(=O)[nH]c(=O)c2c(C(=O)Nc3ccc(NC(N)=O)cc3)cc(C(C)C)nc21. The van der Waals surface area contributed by atoms with Crippen molar-refractivity contribution in [3.05, 3.63) is 62.4 Å². The average Bonchev–Trinajstić information content (AvgIpc) is 2.71. The van der Waals surface area contributed by atoms with E-state index >= 15 is 0 Å². The fraction of sp³-hybridized carbons (Fsp3) is 0.286. The number of hydrogen-bond donors (Lipinski definition) is 4. The molecular formula is C21H24N6O4. The summed E-state index contributed by atoms with van der Waals surface area (Å²) < 4.78 is 1.38.